The largest absolute Gasteiger partial charge is 0.0619 e. The predicted octanol–water partition coefficient (Wildman–Crippen LogP) is 11.9. The van der Waals surface area contributed by atoms with Crippen molar-refractivity contribution >= 4 is 58.8 Å². The van der Waals surface area contributed by atoms with Gasteiger partial charge in [0.15, 0.2) is 0 Å². The highest BCUT2D eigenvalue weighted by Gasteiger charge is 2.36. The van der Waals surface area contributed by atoms with Gasteiger partial charge in [-0.2, -0.15) is 0 Å². The first-order chi connectivity index (χ1) is 25.0. The summed E-state index contributed by atoms with van der Waals surface area (Å²) in [5.41, 5.74) is 16.2. The van der Waals surface area contributed by atoms with E-state index in [2.05, 4.69) is 205 Å². The molecular formula is C51H45P. The van der Waals surface area contributed by atoms with Gasteiger partial charge in [0.2, 0.25) is 0 Å². The highest BCUT2D eigenvalue weighted by molar-refractivity contribution is 7.79. The van der Waals surface area contributed by atoms with E-state index >= 15 is 0 Å². The van der Waals surface area contributed by atoms with Crippen LogP contribution in [0, 0.1) is 0 Å². The van der Waals surface area contributed by atoms with E-state index < -0.39 is 7.92 Å². The van der Waals surface area contributed by atoms with E-state index in [9.17, 15) is 0 Å². The molecule has 254 valence electrons. The van der Waals surface area contributed by atoms with Crippen LogP contribution in [-0.4, -0.2) is 0 Å². The smallest absolute Gasteiger partial charge is 0.0158 e. The Bertz CT molecular complexity index is 2170. The molecule has 0 unspecified atom stereocenters. The predicted molar refractivity (Wildman–Crippen MR) is 227 cm³/mol. The lowest BCUT2D eigenvalue weighted by Gasteiger charge is -2.27. The van der Waals surface area contributed by atoms with Crippen LogP contribution >= 0.6 is 7.92 Å². The molecule has 0 aromatic heterocycles. The Morgan fingerprint density at radius 3 is 0.808 bits per heavy atom. The molecule has 3 aliphatic rings. The van der Waals surface area contributed by atoms with Gasteiger partial charge in [0, 0.05) is 16.2 Å². The van der Waals surface area contributed by atoms with Crippen LogP contribution in [0.25, 0.3) is 34.9 Å². The number of allylic oxidation sites excluding steroid dienone is 3. The first kappa shape index (κ1) is 32.8. The summed E-state index contributed by atoms with van der Waals surface area (Å²) in [6.45, 7) is 14.1. The van der Waals surface area contributed by atoms with Crippen molar-refractivity contribution in [2.75, 3.05) is 0 Å². The molecule has 1 heteroatoms. The molecule has 0 fully saturated rings. The Balaban J connectivity index is 1.09. The van der Waals surface area contributed by atoms with Crippen molar-refractivity contribution in [1.82, 2.24) is 0 Å². The molecule has 9 rings (SSSR count). The van der Waals surface area contributed by atoms with Crippen molar-refractivity contribution in [3.63, 3.8) is 0 Å². The van der Waals surface area contributed by atoms with Crippen LogP contribution in [0.1, 0.15) is 91.6 Å². The monoisotopic (exact) mass is 688 g/mol. The van der Waals surface area contributed by atoms with Crippen molar-refractivity contribution in [3.8, 4) is 0 Å². The maximum Gasteiger partial charge on any atom is 0.0158 e. The average molecular weight is 689 g/mol. The molecule has 6 aromatic rings. The second kappa shape index (κ2) is 12.0. The van der Waals surface area contributed by atoms with Gasteiger partial charge in [-0.25, -0.2) is 0 Å². The van der Waals surface area contributed by atoms with Crippen LogP contribution in [0.15, 0.2) is 146 Å². The minimum atomic E-state index is -0.789. The maximum absolute atomic E-state index is 2.39. The number of benzene rings is 6. The van der Waals surface area contributed by atoms with Gasteiger partial charge in [0.25, 0.3) is 0 Å². The lowest BCUT2D eigenvalue weighted by atomic mass is 9.78. The third-order valence-electron chi connectivity index (χ3n) is 12.1. The number of fused-ring (bicyclic) bond motifs is 3. The quantitative estimate of drug-likeness (QED) is 0.153. The molecule has 0 aliphatic heterocycles. The molecule has 0 N–H and O–H groups in total. The second-order valence-electron chi connectivity index (χ2n) is 16.3. The van der Waals surface area contributed by atoms with E-state index in [1.54, 1.807) is 0 Å². The zero-order valence-corrected chi connectivity index (χ0v) is 31.9. The van der Waals surface area contributed by atoms with E-state index in [1.807, 2.05) is 0 Å². The minimum Gasteiger partial charge on any atom is -0.0619 e. The fourth-order valence-electron chi connectivity index (χ4n) is 9.17. The highest BCUT2D eigenvalue weighted by atomic mass is 31.1. The van der Waals surface area contributed by atoms with Gasteiger partial charge in [-0.15, -0.1) is 0 Å². The van der Waals surface area contributed by atoms with Gasteiger partial charge in [-0.05, 0) is 109 Å². The summed E-state index contributed by atoms with van der Waals surface area (Å²) in [6.07, 6.45) is 7.17. The minimum absolute atomic E-state index is 0.0285. The molecule has 0 nitrogen and oxygen atoms in total. The van der Waals surface area contributed by atoms with E-state index in [0.717, 1.165) is 0 Å². The first-order valence-corrected chi connectivity index (χ1v) is 19.9. The topological polar surface area (TPSA) is 0 Å². The number of hydrogen-bond donors (Lipinski definition) is 0. The summed E-state index contributed by atoms with van der Waals surface area (Å²) in [6, 6.07) is 55.0. The normalized spacial score (nSPS) is 17.2. The Labute approximate surface area is 311 Å². The van der Waals surface area contributed by atoms with Crippen LogP contribution in [0.5, 0.6) is 0 Å². The zero-order valence-electron chi connectivity index (χ0n) is 31.0. The molecule has 6 aromatic carbocycles. The van der Waals surface area contributed by atoms with Gasteiger partial charge in [-0.3, -0.25) is 0 Å². The summed E-state index contributed by atoms with van der Waals surface area (Å²) < 4.78 is 0. The third-order valence-corrected chi connectivity index (χ3v) is 14.6. The zero-order chi connectivity index (χ0) is 35.8. The first-order valence-electron chi connectivity index (χ1n) is 18.6. The molecule has 0 saturated carbocycles. The fraction of sp³-hybridized carbons (Fsp3) is 0.176. The van der Waals surface area contributed by atoms with Crippen LogP contribution in [0.4, 0.5) is 0 Å². The van der Waals surface area contributed by atoms with Crippen LogP contribution in [-0.2, 0) is 16.2 Å². The van der Waals surface area contributed by atoms with Crippen LogP contribution < -0.4 is 15.9 Å². The Hall–Kier alpha value is -5.03. The molecule has 0 bridgehead atoms. The Kier molecular flexibility index (Phi) is 7.59. The Morgan fingerprint density at radius 1 is 0.308 bits per heavy atom. The van der Waals surface area contributed by atoms with Crippen LogP contribution in [0.2, 0.25) is 0 Å². The lowest BCUT2D eigenvalue weighted by molar-refractivity contribution is 0.704. The molecule has 0 saturated heterocycles. The second-order valence-corrected chi connectivity index (χ2v) is 18.5. The van der Waals surface area contributed by atoms with E-state index in [4.69, 9.17) is 0 Å². The number of hydrogen-bond acceptors (Lipinski definition) is 0. The molecule has 52 heavy (non-hydrogen) atoms. The SMILES string of the molecule is CC1(C)C(c2ccc(P(c3ccc(C4=Cc5ccccc5C4(C)C)cc3)c3ccc(C4=Cc5ccccc5C4(C)C)cc3)cc2)=Cc2ccccc21. The van der Waals surface area contributed by atoms with E-state index in [-0.39, 0.29) is 16.2 Å². The van der Waals surface area contributed by atoms with Gasteiger partial charge in [-0.1, -0.05) is 187 Å². The molecule has 0 atom stereocenters. The molecule has 0 radical (unpaired) electrons. The number of rotatable bonds is 6. The van der Waals surface area contributed by atoms with Gasteiger partial charge in [0.05, 0.1) is 0 Å². The summed E-state index contributed by atoms with van der Waals surface area (Å²) in [5, 5.41) is 4.11. The molecule has 0 amide bonds. The van der Waals surface area contributed by atoms with Crippen molar-refractivity contribution in [1.29, 1.82) is 0 Å². The van der Waals surface area contributed by atoms with Gasteiger partial charge in [0.1, 0.15) is 0 Å². The highest BCUT2D eigenvalue weighted by Crippen LogP contribution is 2.49. The maximum atomic E-state index is 2.39. The van der Waals surface area contributed by atoms with Crippen molar-refractivity contribution < 1.29 is 0 Å². The van der Waals surface area contributed by atoms with Crippen LogP contribution in [0.3, 0.4) is 0 Å². The molecular weight excluding hydrogens is 644 g/mol. The summed E-state index contributed by atoms with van der Waals surface area (Å²) >= 11 is 0. The standard InChI is InChI=1S/C51H45P/c1-49(2)43-16-10-7-13-37(43)31-46(49)34-19-25-40(26-20-34)52(41-27-21-35(22-28-41)47-32-38-14-8-11-17-44(38)50(47,3)4)42-29-23-36(24-30-42)48-33-39-15-9-12-18-45(39)51(48,5)6/h7-33H,1-6H3. The summed E-state index contributed by atoms with van der Waals surface area (Å²) in [7, 11) is -0.789. The van der Waals surface area contributed by atoms with Crippen molar-refractivity contribution in [2.24, 2.45) is 0 Å². The summed E-state index contributed by atoms with van der Waals surface area (Å²) in [4.78, 5) is 0. The van der Waals surface area contributed by atoms with Crippen molar-refractivity contribution in [3.05, 3.63) is 196 Å². The molecule has 3 aliphatic carbocycles. The van der Waals surface area contributed by atoms with E-state index in [0.29, 0.717) is 0 Å². The van der Waals surface area contributed by atoms with Crippen molar-refractivity contribution in [2.45, 2.75) is 57.8 Å². The fourth-order valence-corrected chi connectivity index (χ4v) is 11.4. The summed E-state index contributed by atoms with van der Waals surface area (Å²) in [5.74, 6) is 0. The van der Waals surface area contributed by atoms with Gasteiger partial charge >= 0.3 is 0 Å². The third kappa shape index (κ3) is 5.15. The Morgan fingerprint density at radius 2 is 0.558 bits per heavy atom. The average Bonchev–Trinajstić information content (AvgIpc) is 3.71. The molecule has 0 spiro atoms. The lowest BCUT2D eigenvalue weighted by Crippen LogP contribution is -2.22. The van der Waals surface area contributed by atoms with Gasteiger partial charge < -0.3 is 0 Å². The van der Waals surface area contributed by atoms with E-state index in [1.165, 1.54) is 82.7 Å². The molecule has 0 heterocycles.